The average molecular weight is 317 g/mol. The van der Waals surface area contributed by atoms with Crippen molar-refractivity contribution in [3.05, 3.63) is 77.0 Å². The van der Waals surface area contributed by atoms with E-state index in [-0.39, 0.29) is 11.3 Å². The molecule has 3 rings (SSSR count). The van der Waals surface area contributed by atoms with Crippen molar-refractivity contribution in [1.82, 2.24) is 0 Å². The van der Waals surface area contributed by atoms with Crippen molar-refractivity contribution in [3.63, 3.8) is 0 Å². The third kappa shape index (κ3) is 3.28. The minimum absolute atomic E-state index is 0.233. The number of benzene rings is 2. The fourth-order valence-corrected chi connectivity index (χ4v) is 2.54. The van der Waals surface area contributed by atoms with Crippen LogP contribution in [0, 0.1) is 0 Å². The number of alkyl halides is 3. The van der Waals surface area contributed by atoms with Crippen LogP contribution in [0.1, 0.15) is 27.9 Å². The van der Waals surface area contributed by atoms with Gasteiger partial charge in [0.15, 0.2) is 0 Å². The molecule has 2 aromatic carbocycles. The van der Waals surface area contributed by atoms with Crippen LogP contribution in [0.5, 0.6) is 0 Å². The van der Waals surface area contributed by atoms with Gasteiger partial charge in [0, 0.05) is 11.3 Å². The van der Waals surface area contributed by atoms with Crippen molar-refractivity contribution in [3.8, 4) is 0 Å². The molecule has 0 amide bonds. The van der Waals surface area contributed by atoms with E-state index >= 15 is 0 Å². The summed E-state index contributed by atoms with van der Waals surface area (Å²) >= 11 is 0. The van der Waals surface area contributed by atoms with E-state index in [1.807, 2.05) is 24.3 Å². The summed E-state index contributed by atoms with van der Waals surface area (Å²) < 4.78 is 37.8. The van der Waals surface area contributed by atoms with Crippen LogP contribution in [0.15, 0.2) is 60.3 Å². The Bertz CT molecular complexity index is 761. The molecule has 0 radical (unpaired) electrons. The van der Waals surface area contributed by atoms with E-state index < -0.39 is 11.7 Å². The number of ketones is 1. The molecule has 0 fully saturated rings. The number of aryl methyl sites for hydroxylation is 1. The van der Waals surface area contributed by atoms with Crippen LogP contribution in [0.2, 0.25) is 0 Å². The molecule has 2 nitrogen and oxygen atoms in total. The molecule has 2 aromatic rings. The normalized spacial score (nSPS) is 14.3. The molecular formula is C18H14F3NO. The Labute approximate surface area is 131 Å². The molecule has 1 N–H and O–H groups in total. The molecule has 0 unspecified atom stereocenters. The van der Waals surface area contributed by atoms with Gasteiger partial charge in [0.2, 0.25) is 5.78 Å². The van der Waals surface area contributed by atoms with Gasteiger partial charge in [0.05, 0.1) is 11.3 Å². The third-order valence-corrected chi connectivity index (χ3v) is 3.77. The number of carbonyl (C=O) groups excluding carboxylic acids is 1. The van der Waals surface area contributed by atoms with Gasteiger partial charge in [-0.2, -0.15) is 13.2 Å². The van der Waals surface area contributed by atoms with Crippen molar-refractivity contribution in [2.75, 3.05) is 5.32 Å². The molecule has 0 bridgehead atoms. The monoisotopic (exact) mass is 317 g/mol. The molecule has 0 aliphatic carbocycles. The number of rotatable bonds is 2. The molecule has 0 saturated heterocycles. The smallest absolute Gasteiger partial charge is 0.352 e. The predicted molar refractivity (Wildman–Crippen MR) is 82.2 cm³/mol. The highest BCUT2D eigenvalue weighted by Gasteiger charge is 2.30. The molecule has 0 aromatic heterocycles. The van der Waals surface area contributed by atoms with Gasteiger partial charge >= 0.3 is 6.18 Å². The Balaban J connectivity index is 1.84. The number of nitrogens with one attached hydrogen (secondary N) is 1. The molecule has 0 saturated carbocycles. The summed E-state index contributed by atoms with van der Waals surface area (Å²) in [5.41, 5.74) is 1.84. The molecule has 118 valence electrons. The van der Waals surface area contributed by atoms with Gasteiger partial charge in [-0.25, -0.2) is 0 Å². The largest absolute Gasteiger partial charge is 0.416 e. The van der Waals surface area contributed by atoms with Gasteiger partial charge in [0.1, 0.15) is 0 Å². The quantitative estimate of drug-likeness (QED) is 0.804. The lowest BCUT2D eigenvalue weighted by Gasteiger charge is -2.11. The first-order valence-electron chi connectivity index (χ1n) is 7.22. The average Bonchev–Trinajstić information content (AvgIpc) is 2.75. The summed E-state index contributed by atoms with van der Waals surface area (Å²) in [4.78, 5) is 12.5. The van der Waals surface area contributed by atoms with Gasteiger partial charge in [-0.05, 0) is 36.6 Å². The Morgan fingerprint density at radius 1 is 1.00 bits per heavy atom. The second-order valence-electron chi connectivity index (χ2n) is 5.34. The van der Waals surface area contributed by atoms with Crippen LogP contribution in [-0.2, 0) is 12.6 Å². The molecular weight excluding hydrogens is 303 g/mol. The lowest BCUT2D eigenvalue weighted by Crippen LogP contribution is -2.12. The summed E-state index contributed by atoms with van der Waals surface area (Å²) in [6.07, 6.45) is -1.10. The molecule has 5 heteroatoms. The second kappa shape index (κ2) is 5.91. The molecule has 1 heterocycles. The van der Waals surface area contributed by atoms with E-state index in [0.717, 1.165) is 29.8 Å². The third-order valence-electron chi connectivity index (χ3n) is 3.77. The van der Waals surface area contributed by atoms with Crippen LogP contribution in [0.4, 0.5) is 18.9 Å². The maximum absolute atomic E-state index is 12.6. The van der Waals surface area contributed by atoms with E-state index in [0.29, 0.717) is 12.1 Å². The minimum atomic E-state index is -4.40. The summed E-state index contributed by atoms with van der Waals surface area (Å²) in [5.74, 6) is -0.310. The molecule has 0 atom stereocenters. The van der Waals surface area contributed by atoms with E-state index in [9.17, 15) is 18.0 Å². The van der Waals surface area contributed by atoms with Gasteiger partial charge in [-0.1, -0.05) is 36.4 Å². The van der Waals surface area contributed by atoms with Crippen molar-refractivity contribution >= 4 is 11.5 Å². The number of allylic oxidation sites excluding steroid dienone is 2. The number of carbonyl (C=O) groups is 1. The molecule has 23 heavy (non-hydrogen) atoms. The second-order valence-corrected chi connectivity index (χ2v) is 5.34. The number of fused-ring (bicyclic) bond motifs is 1. The maximum Gasteiger partial charge on any atom is 0.416 e. The van der Waals surface area contributed by atoms with Crippen LogP contribution in [-0.4, -0.2) is 5.78 Å². The Morgan fingerprint density at radius 3 is 2.39 bits per heavy atom. The standard InChI is InChI=1S/C18H14F3NO/c19-18(20,21)14-10-8-13(9-11-14)17(23)16-7-3-5-12-4-1-2-6-15(12)22-16/h1-2,4,6-11,22H,3,5H2. The zero-order valence-electron chi connectivity index (χ0n) is 12.2. The highest BCUT2D eigenvalue weighted by Crippen LogP contribution is 2.30. The number of hydrogen-bond acceptors (Lipinski definition) is 2. The Hall–Kier alpha value is -2.56. The van der Waals surface area contributed by atoms with Crippen LogP contribution >= 0.6 is 0 Å². The highest BCUT2D eigenvalue weighted by molar-refractivity contribution is 6.10. The number of Topliss-reactive ketones (excluding diaryl/α,β-unsaturated/α-hetero) is 1. The van der Waals surface area contributed by atoms with Crippen molar-refractivity contribution < 1.29 is 18.0 Å². The zero-order chi connectivity index (χ0) is 16.4. The minimum Gasteiger partial charge on any atom is -0.352 e. The predicted octanol–water partition coefficient (Wildman–Crippen LogP) is 4.83. The van der Waals surface area contributed by atoms with E-state index in [1.54, 1.807) is 6.08 Å². The first-order valence-corrected chi connectivity index (χ1v) is 7.22. The topological polar surface area (TPSA) is 29.1 Å². The molecule has 0 spiro atoms. The summed E-state index contributed by atoms with van der Waals surface area (Å²) in [6, 6.07) is 12.0. The van der Waals surface area contributed by atoms with Gasteiger partial charge in [0.25, 0.3) is 0 Å². The first kappa shape index (κ1) is 15.3. The van der Waals surface area contributed by atoms with Gasteiger partial charge in [-0.3, -0.25) is 4.79 Å². The molecule has 1 aliphatic heterocycles. The summed E-state index contributed by atoms with van der Waals surface area (Å²) in [7, 11) is 0. The number of anilines is 1. The highest BCUT2D eigenvalue weighted by atomic mass is 19.4. The van der Waals surface area contributed by atoms with Crippen LogP contribution in [0.3, 0.4) is 0 Å². The fraction of sp³-hybridized carbons (Fsp3) is 0.167. The van der Waals surface area contributed by atoms with E-state index in [1.165, 1.54) is 12.1 Å². The first-order chi connectivity index (χ1) is 10.9. The lowest BCUT2D eigenvalue weighted by molar-refractivity contribution is -0.137. The number of para-hydroxylation sites is 1. The Kier molecular flexibility index (Phi) is 3.94. The van der Waals surface area contributed by atoms with Gasteiger partial charge < -0.3 is 5.32 Å². The molecule has 1 aliphatic rings. The Morgan fingerprint density at radius 2 is 1.70 bits per heavy atom. The van der Waals surface area contributed by atoms with Crippen LogP contribution < -0.4 is 5.32 Å². The zero-order valence-corrected chi connectivity index (χ0v) is 12.2. The number of halogens is 3. The SMILES string of the molecule is O=C(C1=CCCc2ccccc2N1)c1ccc(C(F)(F)F)cc1. The fourth-order valence-electron chi connectivity index (χ4n) is 2.54. The van der Waals surface area contributed by atoms with Crippen molar-refractivity contribution in [2.45, 2.75) is 19.0 Å². The lowest BCUT2D eigenvalue weighted by atomic mass is 10.0. The van der Waals surface area contributed by atoms with Crippen molar-refractivity contribution in [2.24, 2.45) is 0 Å². The van der Waals surface area contributed by atoms with E-state index in [4.69, 9.17) is 0 Å². The maximum atomic E-state index is 12.6. The van der Waals surface area contributed by atoms with Crippen molar-refractivity contribution in [1.29, 1.82) is 0 Å². The van der Waals surface area contributed by atoms with E-state index in [2.05, 4.69) is 5.32 Å². The van der Waals surface area contributed by atoms with Crippen LogP contribution in [0.25, 0.3) is 0 Å². The van der Waals surface area contributed by atoms with Gasteiger partial charge in [-0.15, -0.1) is 0 Å². The summed E-state index contributed by atoms with van der Waals surface area (Å²) in [6.45, 7) is 0. The summed E-state index contributed by atoms with van der Waals surface area (Å²) in [5, 5.41) is 3.09. The number of hydrogen-bond donors (Lipinski definition) is 1.